The van der Waals surface area contributed by atoms with E-state index in [-0.39, 0.29) is 15.4 Å². The topological polar surface area (TPSA) is 47.9 Å². The first-order valence-electron chi connectivity index (χ1n) is 2.16. The predicted octanol–water partition coefficient (Wildman–Crippen LogP) is 1.39. The number of halogens is 3. The summed E-state index contributed by atoms with van der Waals surface area (Å²) in [5.74, 6) is 0. The maximum Gasteiger partial charge on any atom is 0.176 e. The van der Waals surface area contributed by atoms with Crippen LogP contribution >= 0.6 is 34.8 Å². The van der Waals surface area contributed by atoms with E-state index in [1.54, 1.807) is 0 Å². The molecule has 0 bridgehead atoms. The van der Waals surface area contributed by atoms with Crippen LogP contribution in [0, 0.1) is 0 Å². The summed E-state index contributed by atoms with van der Waals surface area (Å²) in [6, 6.07) is 0. The Balaban J connectivity index is 2.94. The number of hydrazine groups is 1. The van der Waals surface area contributed by atoms with Crippen molar-refractivity contribution in [2.24, 2.45) is 5.10 Å². The number of allylic oxidation sites excluding steroid dienone is 1. The Labute approximate surface area is 71.6 Å². The van der Waals surface area contributed by atoms with Crippen LogP contribution in [0.25, 0.3) is 0 Å². The van der Waals surface area contributed by atoms with Crippen LogP contribution in [0.1, 0.15) is 0 Å². The van der Waals surface area contributed by atoms with E-state index in [1.807, 2.05) is 0 Å². The minimum atomic E-state index is -0.110. The molecular weight excluding hydrogens is 200 g/mol. The van der Waals surface area contributed by atoms with Crippen molar-refractivity contribution in [3.05, 3.63) is 10.2 Å². The van der Waals surface area contributed by atoms with Gasteiger partial charge in [0.25, 0.3) is 0 Å². The number of hydrogen-bond donors (Lipinski definition) is 2. The van der Waals surface area contributed by atoms with Gasteiger partial charge in [0.05, 0.1) is 0 Å². The number of nitrogens with one attached hydrogen (secondary N) is 1. The molecule has 10 heavy (non-hydrogen) atoms. The summed E-state index contributed by atoms with van der Waals surface area (Å²) in [5, 5.41) is 12.5. The van der Waals surface area contributed by atoms with E-state index >= 15 is 0 Å². The zero-order valence-corrected chi connectivity index (χ0v) is 6.74. The molecule has 0 radical (unpaired) electrons. The van der Waals surface area contributed by atoms with Crippen LogP contribution in [0.4, 0.5) is 0 Å². The summed E-state index contributed by atoms with van der Waals surface area (Å²) in [5.41, 5.74) is 2.08. The normalized spacial score (nSPS) is 18.8. The van der Waals surface area contributed by atoms with Gasteiger partial charge in [-0.1, -0.05) is 34.8 Å². The Kier molecular flexibility index (Phi) is 2.25. The van der Waals surface area contributed by atoms with E-state index in [0.717, 1.165) is 0 Å². The van der Waals surface area contributed by atoms with Crippen molar-refractivity contribution in [1.82, 2.24) is 10.7 Å². The van der Waals surface area contributed by atoms with Gasteiger partial charge in [0, 0.05) is 0 Å². The smallest absolute Gasteiger partial charge is 0.176 e. The molecule has 7 heteroatoms. The predicted molar refractivity (Wildman–Crippen MR) is 38.8 cm³/mol. The van der Waals surface area contributed by atoms with Crippen molar-refractivity contribution >= 4 is 40.0 Å². The van der Waals surface area contributed by atoms with Gasteiger partial charge in [-0.05, 0) is 0 Å². The van der Waals surface area contributed by atoms with Crippen LogP contribution in [0.3, 0.4) is 0 Å². The molecule has 0 aliphatic carbocycles. The standard InChI is InChI=1S/C3H2Cl3N3O/c4-1-2(5)7-8-9(10)3(1)6/h8,10H. The highest BCUT2D eigenvalue weighted by Gasteiger charge is 2.17. The van der Waals surface area contributed by atoms with Gasteiger partial charge in [0.15, 0.2) is 10.3 Å². The zero-order valence-electron chi connectivity index (χ0n) is 4.48. The molecule has 1 rings (SSSR count). The lowest BCUT2D eigenvalue weighted by Gasteiger charge is -2.18. The highest BCUT2D eigenvalue weighted by atomic mass is 35.5. The van der Waals surface area contributed by atoms with E-state index in [1.165, 1.54) is 0 Å². The lowest BCUT2D eigenvalue weighted by Crippen LogP contribution is -2.33. The molecule has 0 fully saturated rings. The third kappa shape index (κ3) is 1.29. The van der Waals surface area contributed by atoms with Crippen LogP contribution in [0.5, 0.6) is 0 Å². The summed E-state index contributed by atoms with van der Waals surface area (Å²) in [6.45, 7) is 0. The highest BCUT2D eigenvalue weighted by Crippen LogP contribution is 2.21. The molecule has 0 aromatic heterocycles. The highest BCUT2D eigenvalue weighted by molar-refractivity contribution is 6.76. The van der Waals surface area contributed by atoms with Crippen LogP contribution in [0.2, 0.25) is 0 Å². The maximum atomic E-state index is 8.75. The first-order valence-corrected chi connectivity index (χ1v) is 3.30. The summed E-state index contributed by atoms with van der Waals surface area (Å²) < 4.78 is 0. The van der Waals surface area contributed by atoms with Gasteiger partial charge < -0.3 is 0 Å². The second-order valence-electron chi connectivity index (χ2n) is 1.42. The Hall–Kier alpha value is -0.160. The molecule has 0 aromatic rings. The molecule has 0 atom stereocenters. The fourth-order valence-electron chi connectivity index (χ4n) is 0.362. The summed E-state index contributed by atoms with van der Waals surface area (Å²) in [7, 11) is 0. The van der Waals surface area contributed by atoms with E-state index in [2.05, 4.69) is 10.6 Å². The lowest BCUT2D eigenvalue weighted by atomic mass is 10.6. The summed E-state index contributed by atoms with van der Waals surface area (Å²) in [4.78, 5) is 0. The largest absolute Gasteiger partial charge is 0.267 e. The third-order valence-corrected chi connectivity index (χ3v) is 1.97. The molecule has 0 unspecified atom stereocenters. The minimum Gasteiger partial charge on any atom is -0.267 e. The maximum absolute atomic E-state index is 8.75. The van der Waals surface area contributed by atoms with E-state index < -0.39 is 0 Å². The van der Waals surface area contributed by atoms with Gasteiger partial charge in [-0.3, -0.25) is 5.21 Å². The molecular formula is C3H2Cl3N3O. The minimum absolute atomic E-state index is 0.00424. The van der Waals surface area contributed by atoms with Crippen LogP contribution in [-0.4, -0.2) is 15.6 Å². The van der Waals surface area contributed by atoms with Gasteiger partial charge in [0.2, 0.25) is 0 Å². The van der Waals surface area contributed by atoms with Gasteiger partial charge in [-0.25, -0.2) is 0 Å². The molecule has 0 aromatic carbocycles. The summed E-state index contributed by atoms with van der Waals surface area (Å²) in [6.07, 6.45) is 0. The first-order chi connectivity index (χ1) is 4.63. The molecule has 56 valence electrons. The second kappa shape index (κ2) is 2.84. The Morgan fingerprint density at radius 3 is 2.50 bits per heavy atom. The average molecular weight is 202 g/mol. The molecule has 0 amide bonds. The summed E-state index contributed by atoms with van der Waals surface area (Å²) >= 11 is 16.3. The van der Waals surface area contributed by atoms with Gasteiger partial charge in [-0.2, -0.15) is 5.53 Å². The molecule has 4 nitrogen and oxygen atoms in total. The fraction of sp³-hybridized carbons (Fsp3) is 0. The number of hydrazone groups is 1. The van der Waals surface area contributed by atoms with Crippen LogP contribution in [-0.2, 0) is 0 Å². The Bertz CT molecular complexity index is 213. The van der Waals surface area contributed by atoms with Crippen LogP contribution < -0.4 is 5.53 Å². The van der Waals surface area contributed by atoms with Gasteiger partial charge in [0.1, 0.15) is 5.03 Å². The van der Waals surface area contributed by atoms with Crippen molar-refractivity contribution in [3.8, 4) is 0 Å². The third-order valence-electron chi connectivity index (χ3n) is 0.791. The quantitative estimate of drug-likeness (QED) is 0.584. The molecule has 1 aliphatic rings. The monoisotopic (exact) mass is 201 g/mol. The SMILES string of the molecule is ON1NN=C(Cl)C(Cl)=C1Cl. The van der Waals surface area contributed by atoms with Crippen molar-refractivity contribution in [2.45, 2.75) is 0 Å². The van der Waals surface area contributed by atoms with E-state index in [4.69, 9.17) is 40.0 Å². The Morgan fingerprint density at radius 1 is 1.40 bits per heavy atom. The fourth-order valence-corrected chi connectivity index (χ4v) is 0.788. The van der Waals surface area contributed by atoms with E-state index in [0.29, 0.717) is 5.17 Å². The molecule has 2 N–H and O–H groups in total. The van der Waals surface area contributed by atoms with E-state index in [9.17, 15) is 0 Å². The lowest BCUT2D eigenvalue weighted by molar-refractivity contribution is -0.0952. The van der Waals surface area contributed by atoms with Crippen molar-refractivity contribution in [2.75, 3.05) is 0 Å². The zero-order chi connectivity index (χ0) is 7.72. The van der Waals surface area contributed by atoms with Crippen molar-refractivity contribution < 1.29 is 5.21 Å². The van der Waals surface area contributed by atoms with Crippen LogP contribution in [0.15, 0.2) is 15.3 Å². The van der Waals surface area contributed by atoms with Crippen molar-refractivity contribution in [1.29, 1.82) is 0 Å². The van der Waals surface area contributed by atoms with Gasteiger partial charge >= 0.3 is 0 Å². The second-order valence-corrected chi connectivity index (χ2v) is 2.51. The molecule has 0 saturated carbocycles. The molecule has 0 saturated heterocycles. The average Bonchev–Trinajstić information content (AvgIpc) is 1.93. The molecule has 0 spiro atoms. The number of rotatable bonds is 0. The number of hydroxylamine groups is 1. The Morgan fingerprint density at radius 2 is 2.00 bits per heavy atom. The van der Waals surface area contributed by atoms with Gasteiger partial charge in [-0.15, -0.1) is 10.3 Å². The molecule has 1 aliphatic heterocycles. The molecule has 1 heterocycles. The first kappa shape index (κ1) is 7.94. The number of nitrogens with zero attached hydrogens (tertiary/aromatic N) is 2. The number of hydrogen-bond acceptors (Lipinski definition) is 4. The van der Waals surface area contributed by atoms with Crippen molar-refractivity contribution in [3.63, 3.8) is 0 Å².